The van der Waals surface area contributed by atoms with Gasteiger partial charge >= 0.3 is 0 Å². The summed E-state index contributed by atoms with van der Waals surface area (Å²) in [4.78, 5) is 4.02. The summed E-state index contributed by atoms with van der Waals surface area (Å²) < 4.78 is 10.2. The van der Waals surface area contributed by atoms with Crippen molar-refractivity contribution < 1.29 is 9.47 Å². The van der Waals surface area contributed by atoms with Crippen molar-refractivity contribution in [2.75, 3.05) is 40.5 Å². The summed E-state index contributed by atoms with van der Waals surface area (Å²) >= 11 is 0. The largest absolute Gasteiger partial charge is 0.495 e. The Kier molecular flexibility index (Phi) is 7.29. The molecule has 1 aromatic rings. The van der Waals surface area contributed by atoms with E-state index in [1.165, 1.54) is 0 Å². The van der Waals surface area contributed by atoms with E-state index in [0.717, 1.165) is 44.1 Å². The fourth-order valence-corrected chi connectivity index (χ4v) is 1.44. The molecule has 0 unspecified atom stereocenters. The number of ether oxygens (including phenoxy) is 2. The second kappa shape index (κ2) is 8.92. The molecular weight excluding hydrogens is 218 g/mol. The number of methoxy groups -OCH3 is 2. The van der Waals surface area contributed by atoms with Gasteiger partial charge in [-0.1, -0.05) is 0 Å². The number of rotatable bonds is 9. The standard InChI is InChI=1S/C12H21N3O2/c1-16-8-7-13-5-6-15-9-11-3-4-14-10-12(11)17-2/h3-4,10,13,15H,5-9H2,1-2H3. The fourth-order valence-electron chi connectivity index (χ4n) is 1.44. The highest BCUT2D eigenvalue weighted by Gasteiger charge is 2.00. The van der Waals surface area contributed by atoms with Crippen LogP contribution in [0.25, 0.3) is 0 Å². The number of hydrogen-bond acceptors (Lipinski definition) is 5. The minimum Gasteiger partial charge on any atom is -0.495 e. The quantitative estimate of drug-likeness (QED) is 0.612. The highest BCUT2D eigenvalue weighted by molar-refractivity contribution is 5.29. The molecule has 0 atom stereocenters. The first-order valence-corrected chi connectivity index (χ1v) is 5.75. The third-order valence-electron chi connectivity index (χ3n) is 2.37. The molecule has 17 heavy (non-hydrogen) atoms. The maximum atomic E-state index is 5.22. The maximum absolute atomic E-state index is 5.22. The smallest absolute Gasteiger partial charge is 0.141 e. The van der Waals surface area contributed by atoms with Crippen molar-refractivity contribution in [1.82, 2.24) is 15.6 Å². The lowest BCUT2D eigenvalue weighted by atomic mass is 10.2. The highest BCUT2D eigenvalue weighted by atomic mass is 16.5. The highest BCUT2D eigenvalue weighted by Crippen LogP contribution is 2.14. The Hall–Kier alpha value is -1.17. The SMILES string of the molecule is COCCNCCNCc1ccncc1OC. The maximum Gasteiger partial charge on any atom is 0.141 e. The zero-order valence-corrected chi connectivity index (χ0v) is 10.5. The van der Waals surface area contributed by atoms with E-state index in [4.69, 9.17) is 9.47 Å². The summed E-state index contributed by atoms with van der Waals surface area (Å²) in [6.07, 6.45) is 3.50. The first kappa shape index (κ1) is 13.9. The van der Waals surface area contributed by atoms with Crippen LogP contribution in [-0.4, -0.2) is 45.4 Å². The molecular formula is C12H21N3O2. The van der Waals surface area contributed by atoms with Crippen molar-refractivity contribution in [3.8, 4) is 5.75 Å². The van der Waals surface area contributed by atoms with Crippen LogP contribution < -0.4 is 15.4 Å². The molecule has 0 aliphatic rings. The minimum absolute atomic E-state index is 0.748. The molecule has 0 bridgehead atoms. The Balaban J connectivity index is 2.13. The lowest BCUT2D eigenvalue weighted by Gasteiger charge is -2.09. The number of aromatic nitrogens is 1. The van der Waals surface area contributed by atoms with E-state index in [0.29, 0.717) is 0 Å². The molecule has 0 aromatic carbocycles. The summed E-state index contributed by atoms with van der Waals surface area (Å²) in [6, 6.07) is 1.96. The first-order chi connectivity index (χ1) is 8.38. The van der Waals surface area contributed by atoms with Gasteiger partial charge in [-0.05, 0) is 6.07 Å². The predicted molar refractivity (Wildman–Crippen MR) is 67.2 cm³/mol. The van der Waals surface area contributed by atoms with E-state index < -0.39 is 0 Å². The Morgan fingerprint density at radius 2 is 2.00 bits per heavy atom. The third-order valence-corrected chi connectivity index (χ3v) is 2.37. The summed E-state index contributed by atoms with van der Waals surface area (Å²) in [7, 11) is 3.36. The van der Waals surface area contributed by atoms with Crippen LogP contribution in [0.15, 0.2) is 18.5 Å². The molecule has 0 radical (unpaired) electrons. The van der Waals surface area contributed by atoms with Crippen LogP contribution in [0.2, 0.25) is 0 Å². The van der Waals surface area contributed by atoms with Crippen LogP contribution in [0, 0.1) is 0 Å². The van der Waals surface area contributed by atoms with E-state index in [2.05, 4.69) is 15.6 Å². The van der Waals surface area contributed by atoms with Gasteiger partial charge in [0.15, 0.2) is 0 Å². The summed E-state index contributed by atoms with van der Waals surface area (Å²) in [6.45, 7) is 4.26. The Morgan fingerprint density at radius 3 is 2.76 bits per heavy atom. The van der Waals surface area contributed by atoms with Crippen molar-refractivity contribution in [3.05, 3.63) is 24.0 Å². The molecule has 0 spiro atoms. The van der Waals surface area contributed by atoms with Crippen molar-refractivity contribution in [2.24, 2.45) is 0 Å². The van der Waals surface area contributed by atoms with E-state index in [1.807, 2.05) is 6.07 Å². The Labute approximate surface area is 103 Å². The molecule has 0 amide bonds. The van der Waals surface area contributed by atoms with Gasteiger partial charge in [0, 0.05) is 45.0 Å². The van der Waals surface area contributed by atoms with Gasteiger partial charge in [-0.3, -0.25) is 4.98 Å². The molecule has 2 N–H and O–H groups in total. The molecule has 0 fully saturated rings. The summed E-state index contributed by atoms with van der Waals surface area (Å²) in [5.74, 6) is 0.826. The van der Waals surface area contributed by atoms with Crippen LogP contribution in [0.3, 0.4) is 0 Å². The van der Waals surface area contributed by atoms with Gasteiger partial charge in [0.1, 0.15) is 5.75 Å². The third kappa shape index (κ3) is 5.63. The zero-order valence-electron chi connectivity index (χ0n) is 10.5. The summed E-state index contributed by atoms with van der Waals surface area (Å²) in [5.41, 5.74) is 1.12. The average molecular weight is 239 g/mol. The minimum atomic E-state index is 0.748. The van der Waals surface area contributed by atoms with Gasteiger partial charge in [0.2, 0.25) is 0 Å². The topological polar surface area (TPSA) is 55.4 Å². The van der Waals surface area contributed by atoms with Crippen LogP contribution in [0.5, 0.6) is 5.75 Å². The number of nitrogens with zero attached hydrogens (tertiary/aromatic N) is 1. The molecule has 0 saturated heterocycles. The van der Waals surface area contributed by atoms with E-state index in [1.54, 1.807) is 26.6 Å². The van der Waals surface area contributed by atoms with E-state index >= 15 is 0 Å². The Morgan fingerprint density at radius 1 is 1.18 bits per heavy atom. The molecule has 96 valence electrons. The fraction of sp³-hybridized carbons (Fsp3) is 0.583. The van der Waals surface area contributed by atoms with Gasteiger partial charge in [0.05, 0.1) is 19.9 Å². The monoisotopic (exact) mass is 239 g/mol. The first-order valence-electron chi connectivity index (χ1n) is 5.75. The van der Waals surface area contributed by atoms with Crippen LogP contribution in [0.4, 0.5) is 0 Å². The number of hydrogen-bond donors (Lipinski definition) is 2. The zero-order chi connectivity index (χ0) is 12.3. The normalized spacial score (nSPS) is 10.5. The van der Waals surface area contributed by atoms with Gasteiger partial charge in [0.25, 0.3) is 0 Å². The molecule has 1 aromatic heterocycles. The number of nitrogens with one attached hydrogen (secondary N) is 2. The molecule has 0 aliphatic heterocycles. The predicted octanol–water partition coefficient (Wildman–Crippen LogP) is 0.416. The van der Waals surface area contributed by atoms with Gasteiger partial charge < -0.3 is 20.1 Å². The van der Waals surface area contributed by atoms with Crippen molar-refractivity contribution >= 4 is 0 Å². The van der Waals surface area contributed by atoms with Crippen LogP contribution >= 0.6 is 0 Å². The summed E-state index contributed by atoms with van der Waals surface area (Å²) in [5, 5.41) is 6.61. The van der Waals surface area contributed by atoms with Crippen molar-refractivity contribution in [2.45, 2.75) is 6.54 Å². The lowest BCUT2D eigenvalue weighted by Crippen LogP contribution is -2.29. The molecule has 1 rings (SSSR count). The molecule has 5 nitrogen and oxygen atoms in total. The molecule has 0 aliphatic carbocycles. The lowest BCUT2D eigenvalue weighted by molar-refractivity contribution is 0.199. The van der Waals surface area contributed by atoms with Crippen LogP contribution in [0.1, 0.15) is 5.56 Å². The van der Waals surface area contributed by atoms with Gasteiger partial charge in [-0.25, -0.2) is 0 Å². The average Bonchev–Trinajstić information content (AvgIpc) is 2.38. The Bertz CT molecular complexity index is 308. The molecule has 0 saturated carbocycles. The second-order valence-electron chi connectivity index (χ2n) is 3.61. The molecule has 1 heterocycles. The van der Waals surface area contributed by atoms with E-state index in [9.17, 15) is 0 Å². The van der Waals surface area contributed by atoms with Gasteiger partial charge in [-0.2, -0.15) is 0 Å². The van der Waals surface area contributed by atoms with Gasteiger partial charge in [-0.15, -0.1) is 0 Å². The van der Waals surface area contributed by atoms with Crippen molar-refractivity contribution in [1.29, 1.82) is 0 Å². The molecule has 5 heteroatoms. The van der Waals surface area contributed by atoms with E-state index in [-0.39, 0.29) is 0 Å². The second-order valence-corrected chi connectivity index (χ2v) is 3.61. The van der Waals surface area contributed by atoms with Crippen molar-refractivity contribution in [3.63, 3.8) is 0 Å². The number of pyridine rings is 1. The van der Waals surface area contributed by atoms with Crippen LogP contribution in [-0.2, 0) is 11.3 Å².